The number of alkyl halides is 3. The van der Waals surface area contributed by atoms with Crippen molar-refractivity contribution in [1.29, 1.82) is 0 Å². The Hall–Kier alpha value is -1.92. The highest BCUT2D eigenvalue weighted by molar-refractivity contribution is 6.77. The van der Waals surface area contributed by atoms with Crippen LogP contribution in [0.3, 0.4) is 0 Å². The van der Waals surface area contributed by atoms with Crippen molar-refractivity contribution in [3.63, 3.8) is 0 Å². The summed E-state index contributed by atoms with van der Waals surface area (Å²) in [5.74, 6) is -2.30. The molecule has 0 saturated carbocycles. The maximum atomic E-state index is 12.6. The monoisotopic (exact) mass is 478 g/mol. The first-order valence-corrected chi connectivity index (χ1v) is 12.9. The lowest BCUT2D eigenvalue weighted by Gasteiger charge is -2.42. The normalized spacial score (nSPS) is 25.8. The van der Waals surface area contributed by atoms with Crippen LogP contribution in [0.1, 0.15) is 51.8 Å². The van der Waals surface area contributed by atoms with Crippen LogP contribution in [0.15, 0.2) is 15.8 Å². The lowest BCUT2D eigenvalue weighted by Crippen LogP contribution is -2.49. The molecule has 1 aromatic heterocycles. The number of aromatic amines is 1. The fraction of sp³-hybridized carbons (Fsp3) is 0.750. The summed E-state index contributed by atoms with van der Waals surface area (Å²) >= 11 is 0. The molecule has 3 rings (SSSR count). The first-order chi connectivity index (χ1) is 14.7. The predicted molar refractivity (Wildman–Crippen MR) is 111 cm³/mol. The molecule has 3 atom stereocenters. The van der Waals surface area contributed by atoms with E-state index < -0.39 is 56.8 Å². The van der Waals surface area contributed by atoms with Gasteiger partial charge in [-0.1, -0.05) is 33.6 Å². The number of rotatable bonds is 5. The van der Waals surface area contributed by atoms with E-state index in [9.17, 15) is 27.6 Å². The van der Waals surface area contributed by atoms with E-state index in [0.717, 1.165) is 24.9 Å². The van der Waals surface area contributed by atoms with Gasteiger partial charge in [-0.15, -0.1) is 0 Å². The Bertz CT molecular complexity index is 962. The summed E-state index contributed by atoms with van der Waals surface area (Å²) in [6.07, 6.45) is -4.04. The van der Waals surface area contributed by atoms with E-state index in [4.69, 9.17) is 9.16 Å². The van der Waals surface area contributed by atoms with Crippen molar-refractivity contribution in [3.05, 3.63) is 32.6 Å². The van der Waals surface area contributed by atoms with Crippen LogP contribution in [-0.2, 0) is 18.7 Å². The van der Waals surface area contributed by atoms with Crippen LogP contribution >= 0.6 is 0 Å². The van der Waals surface area contributed by atoms with Gasteiger partial charge in [-0.05, 0) is 24.1 Å². The maximum Gasteiger partial charge on any atom is 0.490 e. The molecule has 0 aliphatic carbocycles. The van der Waals surface area contributed by atoms with Gasteiger partial charge in [0, 0.05) is 18.2 Å². The number of hydrogen-bond donors (Lipinski definition) is 1. The number of nitrogens with zero attached hydrogens (tertiary/aromatic N) is 1. The third-order valence-corrected chi connectivity index (χ3v) is 12.2. The predicted octanol–water partition coefficient (Wildman–Crippen LogP) is 3.16. The van der Waals surface area contributed by atoms with E-state index in [0.29, 0.717) is 0 Å². The zero-order valence-corrected chi connectivity index (χ0v) is 19.6. The molecule has 2 fully saturated rings. The number of aromatic nitrogens is 2. The number of ether oxygens (including phenoxy) is 2. The van der Waals surface area contributed by atoms with Gasteiger partial charge in [0.1, 0.15) is 18.9 Å². The largest absolute Gasteiger partial charge is 0.490 e. The molecule has 0 bridgehead atoms. The lowest BCUT2D eigenvalue weighted by molar-refractivity contribution is -0.203. The molecule has 2 saturated heterocycles. The Morgan fingerprint density at radius 1 is 1.25 bits per heavy atom. The summed E-state index contributed by atoms with van der Waals surface area (Å²) in [5, 5.41) is -0.111. The first-order valence-electron chi connectivity index (χ1n) is 10.6. The van der Waals surface area contributed by atoms with Crippen LogP contribution < -0.4 is 11.2 Å². The van der Waals surface area contributed by atoms with Gasteiger partial charge in [0.15, 0.2) is 8.32 Å². The molecule has 3 heterocycles. The molecule has 0 spiro atoms. The van der Waals surface area contributed by atoms with E-state index in [1.807, 2.05) is 0 Å². The Morgan fingerprint density at radius 3 is 2.44 bits per heavy atom. The molecule has 1 unspecified atom stereocenters. The van der Waals surface area contributed by atoms with Crippen LogP contribution in [0.25, 0.3) is 0 Å². The molecule has 0 amide bonds. The first kappa shape index (κ1) is 24.7. The summed E-state index contributed by atoms with van der Waals surface area (Å²) in [7, 11) is -2.29. The standard InChI is InChI=1S/C20H29F3N2O6Si/c1-12-10-25(18(28)24-16(12)26)15-9-13(14(30-15)11-29-17(27)20(21,22)23)31-32(19(2,3)4)7-5-6-8-32/h10,13-15H,5-9,11H2,1-4H3,(H,24,26,28)/t13?,14-,15-/m0/s1. The van der Waals surface area contributed by atoms with Crippen molar-refractivity contribution in [1.82, 2.24) is 9.55 Å². The minimum Gasteiger partial charge on any atom is -0.456 e. The summed E-state index contributed by atoms with van der Waals surface area (Å²) in [6.45, 7) is 7.19. The quantitative estimate of drug-likeness (QED) is 0.516. The van der Waals surface area contributed by atoms with Gasteiger partial charge in [0.2, 0.25) is 0 Å². The fourth-order valence-corrected chi connectivity index (χ4v) is 9.27. The molecular weight excluding hydrogens is 449 g/mol. The average Bonchev–Trinajstić information content (AvgIpc) is 3.30. The van der Waals surface area contributed by atoms with Crippen LogP contribution in [0.5, 0.6) is 0 Å². The molecule has 8 nitrogen and oxygen atoms in total. The highest BCUT2D eigenvalue weighted by Crippen LogP contribution is 2.50. The second-order valence-electron chi connectivity index (χ2n) is 9.55. The van der Waals surface area contributed by atoms with E-state index in [1.165, 1.54) is 17.7 Å². The zero-order chi connectivity index (χ0) is 23.9. The van der Waals surface area contributed by atoms with Crippen LogP contribution in [0.4, 0.5) is 13.2 Å². The summed E-state index contributed by atoms with van der Waals surface area (Å²) in [5.41, 5.74) is -0.937. The number of H-pyrrole nitrogens is 1. The van der Waals surface area contributed by atoms with Gasteiger partial charge in [-0.3, -0.25) is 14.3 Å². The Labute approximate surface area is 184 Å². The zero-order valence-electron chi connectivity index (χ0n) is 18.6. The summed E-state index contributed by atoms with van der Waals surface area (Å²) < 4.78 is 56.0. The van der Waals surface area contributed by atoms with E-state index >= 15 is 0 Å². The van der Waals surface area contributed by atoms with Crippen molar-refractivity contribution in [2.75, 3.05) is 6.61 Å². The molecule has 180 valence electrons. The maximum absolute atomic E-state index is 12.6. The van der Waals surface area contributed by atoms with Gasteiger partial charge in [-0.25, -0.2) is 9.59 Å². The molecule has 2 aliphatic heterocycles. The third kappa shape index (κ3) is 5.01. The van der Waals surface area contributed by atoms with Crippen molar-refractivity contribution in [2.45, 2.75) is 88.7 Å². The number of carbonyl (C=O) groups excluding carboxylic acids is 1. The van der Waals surface area contributed by atoms with Gasteiger partial charge < -0.3 is 13.9 Å². The van der Waals surface area contributed by atoms with E-state index in [1.54, 1.807) is 0 Å². The number of hydrogen-bond acceptors (Lipinski definition) is 6. The fourth-order valence-electron chi connectivity index (χ4n) is 4.47. The Kier molecular flexibility index (Phi) is 6.79. The number of nitrogens with one attached hydrogen (secondary N) is 1. The highest BCUT2D eigenvalue weighted by atomic mass is 28.4. The van der Waals surface area contributed by atoms with Gasteiger partial charge in [0.05, 0.1) is 6.10 Å². The second kappa shape index (κ2) is 8.79. The Morgan fingerprint density at radius 2 is 1.88 bits per heavy atom. The number of aryl methyl sites for hydroxylation is 1. The SMILES string of the molecule is Cc1cn([C@@H]2CC(O[Si]3(C(C)(C)C)CCCC3)[C@H](COC(=O)C(F)(F)F)O2)c(=O)[nH]c1=O. The van der Waals surface area contributed by atoms with E-state index in [-0.39, 0.29) is 17.0 Å². The lowest BCUT2D eigenvalue weighted by atomic mass is 10.2. The van der Waals surface area contributed by atoms with E-state index in [2.05, 4.69) is 30.5 Å². The molecule has 0 aromatic carbocycles. The minimum absolute atomic E-state index is 0.111. The van der Waals surface area contributed by atoms with Crippen LogP contribution in [0, 0.1) is 6.92 Å². The molecule has 12 heteroatoms. The molecular formula is C20H29F3N2O6Si. The van der Waals surface area contributed by atoms with Gasteiger partial charge >= 0.3 is 17.8 Å². The smallest absolute Gasteiger partial charge is 0.456 e. The molecule has 2 aliphatic rings. The van der Waals surface area contributed by atoms with Crippen molar-refractivity contribution >= 4 is 14.3 Å². The molecule has 0 radical (unpaired) electrons. The van der Waals surface area contributed by atoms with Crippen LogP contribution in [0.2, 0.25) is 17.1 Å². The van der Waals surface area contributed by atoms with Gasteiger partial charge in [0.25, 0.3) is 5.56 Å². The number of esters is 1. The Balaban J connectivity index is 1.87. The summed E-state index contributed by atoms with van der Waals surface area (Å²) in [6, 6.07) is 1.84. The molecule has 1 aromatic rings. The number of carbonyl (C=O) groups is 1. The van der Waals surface area contributed by atoms with Crippen LogP contribution in [-0.4, -0.2) is 48.8 Å². The second-order valence-corrected chi connectivity index (χ2v) is 14.3. The molecule has 32 heavy (non-hydrogen) atoms. The van der Waals surface area contributed by atoms with Crippen molar-refractivity contribution < 1.29 is 31.9 Å². The minimum atomic E-state index is -5.12. The highest BCUT2D eigenvalue weighted by Gasteiger charge is 2.53. The summed E-state index contributed by atoms with van der Waals surface area (Å²) in [4.78, 5) is 37.5. The van der Waals surface area contributed by atoms with Gasteiger partial charge in [-0.2, -0.15) is 13.2 Å². The number of halogens is 3. The average molecular weight is 479 g/mol. The topological polar surface area (TPSA) is 99.6 Å². The molecule has 1 N–H and O–H groups in total. The van der Waals surface area contributed by atoms with Crippen molar-refractivity contribution in [3.8, 4) is 0 Å². The van der Waals surface area contributed by atoms with Crippen molar-refractivity contribution in [2.24, 2.45) is 0 Å². The third-order valence-electron chi connectivity index (χ3n) is 6.40.